The molecule has 2 aliphatic rings. The predicted octanol–water partition coefficient (Wildman–Crippen LogP) is 2.53. The third-order valence-electron chi connectivity index (χ3n) is 3.13. The van der Waals surface area contributed by atoms with E-state index in [0.29, 0.717) is 0 Å². The molecule has 2 saturated carbocycles. The summed E-state index contributed by atoms with van der Waals surface area (Å²) in [6, 6.07) is 0. The second-order valence-electron chi connectivity index (χ2n) is 4.17. The van der Waals surface area contributed by atoms with Crippen LogP contribution in [0.1, 0.15) is 33.1 Å². The van der Waals surface area contributed by atoms with Gasteiger partial charge in [-0.15, -0.1) is 0 Å². The van der Waals surface area contributed by atoms with Crippen molar-refractivity contribution in [3.05, 3.63) is 0 Å². The van der Waals surface area contributed by atoms with Crippen LogP contribution in [-0.4, -0.2) is 5.67 Å². The van der Waals surface area contributed by atoms with Crippen molar-refractivity contribution < 1.29 is 4.39 Å². The molecule has 2 aliphatic carbocycles. The van der Waals surface area contributed by atoms with Crippen molar-refractivity contribution >= 4 is 0 Å². The molecule has 1 atom stereocenters. The summed E-state index contributed by atoms with van der Waals surface area (Å²) in [4.78, 5) is 0. The van der Waals surface area contributed by atoms with E-state index in [4.69, 9.17) is 0 Å². The first-order chi connectivity index (χ1) is 4.06. The molecular weight excluding hydrogens is 115 g/mol. The van der Waals surface area contributed by atoms with E-state index in [1.165, 1.54) is 0 Å². The van der Waals surface area contributed by atoms with Gasteiger partial charge in [-0.3, -0.25) is 0 Å². The van der Waals surface area contributed by atoms with Crippen LogP contribution in [0.25, 0.3) is 0 Å². The van der Waals surface area contributed by atoms with Crippen molar-refractivity contribution in [2.24, 2.45) is 11.3 Å². The largest absolute Gasteiger partial charge is 0.244 e. The summed E-state index contributed by atoms with van der Waals surface area (Å²) in [6.45, 7) is 3.96. The standard InChI is InChI=1S/C8H13F/c1-6-3-8(4-6)5-7(8,2)9/h6H,3-5H2,1-2H3. The van der Waals surface area contributed by atoms with E-state index >= 15 is 0 Å². The van der Waals surface area contributed by atoms with Crippen LogP contribution in [0.15, 0.2) is 0 Å². The average Bonchev–Trinajstić information content (AvgIpc) is 2.06. The highest BCUT2D eigenvalue weighted by Crippen LogP contribution is 2.71. The zero-order valence-corrected chi connectivity index (χ0v) is 6.08. The van der Waals surface area contributed by atoms with Gasteiger partial charge in [0.05, 0.1) is 0 Å². The highest BCUT2D eigenvalue weighted by atomic mass is 19.1. The first-order valence-corrected chi connectivity index (χ1v) is 3.75. The maximum absolute atomic E-state index is 13.1. The van der Waals surface area contributed by atoms with Gasteiger partial charge in [-0.05, 0) is 32.1 Å². The van der Waals surface area contributed by atoms with Gasteiger partial charge in [-0.25, -0.2) is 4.39 Å². The molecule has 52 valence electrons. The van der Waals surface area contributed by atoms with Crippen molar-refractivity contribution in [2.75, 3.05) is 0 Å². The summed E-state index contributed by atoms with van der Waals surface area (Å²) in [5.74, 6) is 0.794. The molecule has 0 aromatic carbocycles. The Kier molecular flexibility index (Phi) is 0.750. The van der Waals surface area contributed by atoms with Crippen LogP contribution in [0.2, 0.25) is 0 Å². The van der Waals surface area contributed by atoms with Gasteiger partial charge in [0.1, 0.15) is 5.67 Å². The molecule has 2 rings (SSSR count). The first kappa shape index (κ1) is 5.70. The summed E-state index contributed by atoms with van der Waals surface area (Å²) >= 11 is 0. The van der Waals surface area contributed by atoms with Crippen molar-refractivity contribution in [1.29, 1.82) is 0 Å². The maximum atomic E-state index is 13.1. The Morgan fingerprint density at radius 2 is 1.89 bits per heavy atom. The molecule has 1 unspecified atom stereocenters. The normalized spacial score (nSPS) is 63.7. The van der Waals surface area contributed by atoms with Crippen LogP contribution >= 0.6 is 0 Å². The van der Waals surface area contributed by atoms with Gasteiger partial charge in [0, 0.05) is 5.41 Å². The number of hydrogen-bond acceptors (Lipinski definition) is 0. The van der Waals surface area contributed by atoms with Gasteiger partial charge in [-0.1, -0.05) is 6.92 Å². The lowest BCUT2D eigenvalue weighted by Crippen LogP contribution is -2.28. The molecule has 0 bridgehead atoms. The van der Waals surface area contributed by atoms with E-state index < -0.39 is 5.67 Å². The second kappa shape index (κ2) is 1.18. The van der Waals surface area contributed by atoms with Crippen molar-refractivity contribution in [2.45, 2.75) is 38.8 Å². The lowest BCUT2D eigenvalue weighted by Gasteiger charge is -2.34. The lowest BCUT2D eigenvalue weighted by molar-refractivity contribution is 0.107. The molecule has 2 fully saturated rings. The molecule has 0 N–H and O–H groups in total. The highest BCUT2D eigenvalue weighted by Gasteiger charge is 2.69. The van der Waals surface area contributed by atoms with Gasteiger partial charge >= 0.3 is 0 Å². The summed E-state index contributed by atoms with van der Waals surface area (Å²) in [6.07, 6.45) is 3.12. The molecule has 0 aromatic rings. The van der Waals surface area contributed by atoms with E-state index in [1.807, 2.05) is 0 Å². The SMILES string of the molecule is CC1CC2(C1)CC2(C)F. The third-order valence-corrected chi connectivity index (χ3v) is 3.13. The van der Waals surface area contributed by atoms with Crippen molar-refractivity contribution in [3.63, 3.8) is 0 Å². The lowest BCUT2D eigenvalue weighted by atomic mass is 9.71. The fourth-order valence-corrected chi connectivity index (χ4v) is 2.44. The zero-order valence-electron chi connectivity index (χ0n) is 6.08. The average molecular weight is 128 g/mol. The van der Waals surface area contributed by atoms with Gasteiger partial charge in [0.15, 0.2) is 0 Å². The predicted molar refractivity (Wildman–Crippen MR) is 35.0 cm³/mol. The molecule has 1 spiro atoms. The van der Waals surface area contributed by atoms with E-state index in [9.17, 15) is 4.39 Å². The minimum absolute atomic E-state index is 0.173. The quantitative estimate of drug-likeness (QED) is 0.470. The summed E-state index contributed by atoms with van der Waals surface area (Å²) in [5.41, 5.74) is -0.605. The molecule has 0 radical (unpaired) electrons. The molecule has 0 amide bonds. The first-order valence-electron chi connectivity index (χ1n) is 3.75. The summed E-state index contributed by atoms with van der Waals surface area (Å²) in [5, 5.41) is 0. The number of alkyl halides is 1. The van der Waals surface area contributed by atoms with Crippen LogP contribution in [0, 0.1) is 11.3 Å². The smallest absolute Gasteiger partial charge is 0.114 e. The Morgan fingerprint density at radius 1 is 1.44 bits per heavy atom. The molecule has 9 heavy (non-hydrogen) atoms. The molecule has 0 saturated heterocycles. The number of rotatable bonds is 0. The van der Waals surface area contributed by atoms with Crippen LogP contribution in [0.4, 0.5) is 4.39 Å². The Bertz CT molecular complexity index is 143. The van der Waals surface area contributed by atoms with E-state index in [-0.39, 0.29) is 5.41 Å². The topological polar surface area (TPSA) is 0 Å². The van der Waals surface area contributed by atoms with E-state index in [2.05, 4.69) is 6.92 Å². The Labute approximate surface area is 55.4 Å². The third kappa shape index (κ3) is 0.530. The van der Waals surface area contributed by atoms with Crippen LogP contribution in [0.5, 0.6) is 0 Å². The molecular formula is C8H13F. The Balaban J connectivity index is 2.03. The number of halogens is 1. The monoisotopic (exact) mass is 128 g/mol. The Morgan fingerprint density at radius 3 is 2.00 bits per heavy atom. The van der Waals surface area contributed by atoms with Gasteiger partial charge in [0.2, 0.25) is 0 Å². The Hall–Kier alpha value is -0.0700. The van der Waals surface area contributed by atoms with Crippen LogP contribution < -0.4 is 0 Å². The van der Waals surface area contributed by atoms with Crippen LogP contribution in [0.3, 0.4) is 0 Å². The molecule has 1 heteroatoms. The van der Waals surface area contributed by atoms with Crippen LogP contribution in [-0.2, 0) is 0 Å². The zero-order chi connectivity index (χ0) is 6.70. The molecule has 0 heterocycles. The van der Waals surface area contributed by atoms with Gasteiger partial charge in [-0.2, -0.15) is 0 Å². The number of hydrogen-bond donors (Lipinski definition) is 0. The summed E-state index contributed by atoms with van der Waals surface area (Å²) < 4.78 is 13.1. The molecule has 0 nitrogen and oxygen atoms in total. The molecule has 0 aromatic heterocycles. The van der Waals surface area contributed by atoms with Crippen molar-refractivity contribution in [3.8, 4) is 0 Å². The minimum Gasteiger partial charge on any atom is -0.244 e. The van der Waals surface area contributed by atoms with Crippen molar-refractivity contribution in [1.82, 2.24) is 0 Å². The van der Waals surface area contributed by atoms with Gasteiger partial charge < -0.3 is 0 Å². The fourth-order valence-electron chi connectivity index (χ4n) is 2.44. The fraction of sp³-hybridized carbons (Fsp3) is 1.00. The summed E-state index contributed by atoms with van der Waals surface area (Å²) in [7, 11) is 0. The van der Waals surface area contributed by atoms with E-state index in [1.54, 1.807) is 6.92 Å². The maximum Gasteiger partial charge on any atom is 0.114 e. The highest BCUT2D eigenvalue weighted by molar-refractivity contribution is 5.19. The minimum atomic E-state index is -0.778. The second-order valence-corrected chi connectivity index (χ2v) is 4.17. The van der Waals surface area contributed by atoms with E-state index in [0.717, 1.165) is 25.2 Å². The van der Waals surface area contributed by atoms with Gasteiger partial charge in [0.25, 0.3) is 0 Å². The molecule has 0 aliphatic heterocycles.